The van der Waals surface area contributed by atoms with E-state index in [1.165, 1.54) is 31.2 Å². The Hall–Kier alpha value is -1.04. The van der Waals surface area contributed by atoms with Gasteiger partial charge in [-0.1, -0.05) is 50.6 Å². The second kappa shape index (κ2) is 5.58. The van der Waals surface area contributed by atoms with Crippen molar-refractivity contribution in [2.45, 2.75) is 32.6 Å². The highest BCUT2D eigenvalue weighted by atomic mass is 14.0. The first-order valence-electron chi connectivity index (χ1n) is 4.99. The van der Waals surface area contributed by atoms with Crippen molar-refractivity contribution < 1.29 is 0 Å². The van der Waals surface area contributed by atoms with Crippen LogP contribution in [0.2, 0.25) is 0 Å². The van der Waals surface area contributed by atoms with E-state index < -0.39 is 0 Å². The minimum Gasteiger partial charge on any atom is -0.0906 e. The fourth-order valence-corrected chi connectivity index (χ4v) is 1.37. The van der Waals surface area contributed by atoms with Crippen molar-refractivity contribution in [1.29, 1.82) is 0 Å². The molecule has 0 aliphatic heterocycles. The molecule has 0 unspecified atom stereocenters. The quantitative estimate of drug-likeness (QED) is 0.595. The lowest BCUT2D eigenvalue weighted by atomic mass is 10.1. The first-order valence-corrected chi connectivity index (χ1v) is 4.99. The molecular formula is C13H17. The van der Waals surface area contributed by atoms with E-state index in [2.05, 4.69) is 43.8 Å². The Kier molecular flexibility index (Phi) is 4.31. The second-order valence-corrected chi connectivity index (χ2v) is 3.33. The summed E-state index contributed by atoms with van der Waals surface area (Å²) >= 11 is 0. The molecule has 0 saturated carbocycles. The predicted molar refractivity (Wildman–Crippen MR) is 57.6 cm³/mol. The topological polar surface area (TPSA) is 0 Å². The Morgan fingerprint density at radius 3 is 2.38 bits per heavy atom. The lowest BCUT2D eigenvalue weighted by molar-refractivity contribution is 0.717. The van der Waals surface area contributed by atoms with E-state index in [-0.39, 0.29) is 0 Å². The van der Waals surface area contributed by atoms with Gasteiger partial charge in [0.25, 0.3) is 0 Å². The third kappa shape index (κ3) is 3.45. The van der Waals surface area contributed by atoms with E-state index in [1.54, 1.807) is 0 Å². The van der Waals surface area contributed by atoms with Crippen molar-refractivity contribution in [3.63, 3.8) is 0 Å². The van der Waals surface area contributed by atoms with Gasteiger partial charge in [0.15, 0.2) is 0 Å². The van der Waals surface area contributed by atoms with E-state index in [9.17, 15) is 0 Å². The van der Waals surface area contributed by atoms with Crippen molar-refractivity contribution in [3.05, 3.63) is 48.0 Å². The van der Waals surface area contributed by atoms with E-state index in [1.807, 2.05) is 0 Å². The van der Waals surface area contributed by atoms with Crippen molar-refractivity contribution in [2.24, 2.45) is 0 Å². The summed E-state index contributed by atoms with van der Waals surface area (Å²) in [5.74, 6) is 0. The molecule has 0 heteroatoms. The molecule has 0 atom stereocenters. The molecule has 13 heavy (non-hydrogen) atoms. The van der Waals surface area contributed by atoms with Crippen LogP contribution >= 0.6 is 0 Å². The molecular weight excluding hydrogens is 156 g/mol. The molecule has 0 N–H and O–H groups in total. The zero-order chi connectivity index (χ0) is 9.52. The lowest BCUT2D eigenvalue weighted by Crippen LogP contribution is -1.85. The maximum Gasteiger partial charge on any atom is -0.0183 e. The predicted octanol–water partition coefficient (Wildman–Crippen LogP) is 3.76. The molecule has 0 saturated heterocycles. The molecule has 0 aromatic heterocycles. The van der Waals surface area contributed by atoms with Gasteiger partial charge < -0.3 is 0 Å². The van der Waals surface area contributed by atoms with Gasteiger partial charge in [-0.05, 0) is 30.0 Å². The van der Waals surface area contributed by atoms with Gasteiger partial charge in [0.1, 0.15) is 0 Å². The fraction of sp³-hybridized carbons (Fsp3) is 0.385. The molecule has 0 spiro atoms. The van der Waals surface area contributed by atoms with Crippen LogP contribution < -0.4 is 0 Å². The van der Waals surface area contributed by atoms with Gasteiger partial charge in [0.2, 0.25) is 0 Å². The van der Waals surface area contributed by atoms with Gasteiger partial charge >= 0.3 is 0 Å². The Morgan fingerprint density at radius 1 is 1.15 bits per heavy atom. The van der Waals surface area contributed by atoms with E-state index in [0.717, 1.165) is 5.56 Å². The van der Waals surface area contributed by atoms with Gasteiger partial charge in [0.05, 0.1) is 0 Å². The summed E-state index contributed by atoms with van der Waals surface area (Å²) in [5, 5.41) is 0. The largest absolute Gasteiger partial charge is 0.0906 e. The number of benzene rings is 1. The molecule has 0 heterocycles. The number of unbranched alkanes of at least 4 members (excludes halogenated alkanes) is 2. The summed E-state index contributed by atoms with van der Waals surface area (Å²) in [5.41, 5.74) is 2.51. The van der Waals surface area contributed by atoms with Gasteiger partial charge in [-0.25, -0.2) is 0 Å². The Labute approximate surface area is 81.3 Å². The average molecular weight is 173 g/mol. The van der Waals surface area contributed by atoms with Gasteiger partial charge in [0, 0.05) is 0 Å². The molecule has 1 aromatic carbocycles. The van der Waals surface area contributed by atoms with Gasteiger partial charge in [-0.15, -0.1) is 0 Å². The number of aryl methyl sites for hydroxylation is 1. The van der Waals surface area contributed by atoms with Crippen LogP contribution in [0.5, 0.6) is 0 Å². The molecule has 1 rings (SSSR count). The summed E-state index contributed by atoms with van der Waals surface area (Å²) in [7, 11) is 0. The summed E-state index contributed by atoms with van der Waals surface area (Å²) in [6.45, 7) is 5.84. The zero-order valence-electron chi connectivity index (χ0n) is 8.34. The minimum absolute atomic E-state index is 1.08. The van der Waals surface area contributed by atoms with Crippen LogP contribution in [0.15, 0.2) is 30.8 Å². The summed E-state index contributed by atoms with van der Waals surface area (Å²) < 4.78 is 0. The van der Waals surface area contributed by atoms with Crippen LogP contribution in [0, 0.1) is 6.08 Å². The molecule has 0 nitrogen and oxygen atoms in total. The number of hydrogen-bond acceptors (Lipinski definition) is 0. The van der Waals surface area contributed by atoms with Crippen LogP contribution in [0.1, 0.15) is 37.3 Å². The minimum atomic E-state index is 1.08. The lowest BCUT2D eigenvalue weighted by Gasteiger charge is -2.00. The third-order valence-corrected chi connectivity index (χ3v) is 2.23. The Balaban J connectivity index is 2.44. The summed E-state index contributed by atoms with van der Waals surface area (Å²) in [4.78, 5) is 0. The highest BCUT2D eigenvalue weighted by Gasteiger charge is 1.92. The van der Waals surface area contributed by atoms with Crippen molar-refractivity contribution in [2.75, 3.05) is 0 Å². The van der Waals surface area contributed by atoms with E-state index in [4.69, 9.17) is 0 Å². The number of rotatable bonds is 5. The van der Waals surface area contributed by atoms with Crippen molar-refractivity contribution in [3.8, 4) is 0 Å². The van der Waals surface area contributed by atoms with Crippen LogP contribution in [-0.4, -0.2) is 0 Å². The molecule has 69 valence electrons. The zero-order valence-corrected chi connectivity index (χ0v) is 8.34. The summed E-state index contributed by atoms with van der Waals surface area (Å²) in [6.07, 6.45) is 7.99. The molecule has 0 aliphatic carbocycles. The fourth-order valence-electron chi connectivity index (χ4n) is 1.37. The van der Waals surface area contributed by atoms with Crippen LogP contribution in [0.25, 0.3) is 0 Å². The average Bonchev–Trinajstić information content (AvgIpc) is 2.19. The Bertz CT molecular complexity index is 243. The van der Waals surface area contributed by atoms with Crippen LogP contribution in [0.4, 0.5) is 0 Å². The molecule has 0 fully saturated rings. The van der Waals surface area contributed by atoms with Crippen LogP contribution in [0.3, 0.4) is 0 Å². The SMILES string of the molecule is C=[C]c1ccc(CCCCC)cc1. The molecule has 1 radical (unpaired) electrons. The molecule has 1 aromatic rings. The third-order valence-electron chi connectivity index (χ3n) is 2.23. The van der Waals surface area contributed by atoms with E-state index >= 15 is 0 Å². The first-order chi connectivity index (χ1) is 6.36. The second-order valence-electron chi connectivity index (χ2n) is 3.33. The maximum atomic E-state index is 3.61. The highest BCUT2D eigenvalue weighted by Crippen LogP contribution is 2.08. The molecule has 0 aliphatic rings. The van der Waals surface area contributed by atoms with Crippen molar-refractivity contribution in [1.82, 2.24) is 0 Å². The highest BCUT2D eigenvalue weighted by molar-refractivity contribution is 5.26. The van der Waals surface area contributed by atoms with Crippen LogP contribution in [-0.2, 0) is 6.42 Å². The molecule has 0 amide bonds. The van der Waals surface area contributed by atoms with Gasteiger partial charge in [-0.3, -0.25) is 0 Å². The normalized spacial score (nSPS) is 9.92. The monoisotopic (exact) mass is 173 g/mol. The summed E-state index contributed by atoms with van der Waals surface area (Å²) in [6, 6.07) is 8.49. The smallest absolute Gasteiger partial charge is 0.0183 e. The number of hydrogen-bond donors (Lipinski definition) is 0. The van der Waals surface area contributed by atoms with Crippen molar-refractivity contribution >= 4 is 0 Å². The van der Waals surface area contributed by atoms with E-state index in [0.29, 0.717) is 0 Å². The standard InChI is InChI=1S/C13H17/c1-3-5-6-7-13-10-8-12(4-2)9-11-13/h8-11H,2-3,5-7H2,1H3. The maximum absolute atomic E-state index is 3.61. The van der Waals surface area contributed by atoms with Gasteiger partial charge in [-0.2, -0.15) is 0 Å². The molecule has 0 bridgehead atoms. The Morgan fingerprint density at radius 2 is 1.85 bits per heavy atom. The first kappa shape index (κ1) is 10.0.